The molecule has 24 heavy (non-hydrogen) atoms. The molecule has 2 aromatic rings. The van der Waals surface area contributed by atoms with Crippen LogP contribution in [-0.4, -0.2) is 28.6 Å². The van der Waals surface area contributed by atoms with Crippen molar-refractivity contribution in [1.82, 2.24) is 9.97 Å². The SMILES string of the molecule is CC(C)(C)Nc1cc(Nc2ccc(N3CCCCC3)cc2)ncn1. The molecule has 1 saturated heterocycles. The standard InChI is InChI=1S/C19H27N5/c1-19(2,3)23-18-13-17(20-14-21-18)22-15-7-9-16(10-8-15)24-11-5-4-6-12-24/h7-10,13-14H,4-6,11-12H2,1-3H3,(H2,20,21,22,23). The van der Waals surface area contributed by atoms with Gasteiger partial charge in [0.15, 0.2) is 0 Å². The van der Waals surface area contributed by atoms with Gasteiger partial charge < -0.3 is 15.5 Å². The van der Waals surface area contributed by atoms with Crippen LogP contribution in [0.3, 0.4) is 0 Å². The first-order valence-electron chi connectivity index (χ1n) is 8.72. The van der Waals surface area contributed by atoms with Gasteiger partial charge >= 0.3 is 0 Å². The normalized spacial score (nSPS) is 15.2. The summed E-state index contributed by atoms with van der Waals surface area (Å²) in [5.41, 5.74) is 2.32. The van der Waals surface area contributed by atoms with E-state index < -0.39 is 0 Å². The molecule has 1 aromatic carbocycles. The van der Waals surface area contributed by atoms with E-state index in [9.17, 15) is 0 Å². The fraction of sp³-hybridized carbons (Fsp3) is 0.474. The number of hydrogen-bond donors (Lipinski definition) is 2. The number of benzene rings is 1. The molecule has 128 valence electrons. The minimum absolute atomic E-state index is 0.0261. The summed E-state index contributed by atoms with van der Waals surface area (Å²) >= 11 is 0. The molecule has 0 aliphatic carbocycles. The van der Waals surface area contributed by atoms with Gasteiger partial charge in [0.05, 0.1) is 0 Å². The summed E-state index contributed by atoms with van der Waals surface area (Å²) in [4.78, 5) is 11.0. The van der Waals surface area contributed by atoms with Gasteiger partial charge in [-0.1, -0.05) is 0 Å². The molecule has 0 unspecified atom stereocenters. The molecule has 0 atom stereocenters. The van der Waals surface area contributed by atoms with Crippen LogP contribution in [0.15, 0.2) is 36.7 Å². The van der Waals surface area contributed by atoms with Gasteiger partial charge in [-0.2, -0.15) is 0 Å². The van der Waals surface area contributed by atoms with E-state index in [4.69, 9.17) is 0 Å². The molecule has 3 rings (SSSR count). The molecule has 1 aliphatic heterocycles. The van der Waals surface area contributed by atoms with Crippen molar-refractivity contribution in [3.05, 3.63) is 36.7 Å². The summed E-state index contributed by atoms with van der Waals surface area (Å²) in [6, 6.07) is 10.5. The highest BCUT2D eigenvalue weighted by atomic mass is 15.1. The maximum atomic E-state index is 4.30. The highest BCUT2D eigenvalue weighted by Gasteiger charge is 2.12. The molecule has 0 bridgehead atoms. The number of anilines is 4. The van der Waals surface area contributed by atoms with Gasteiger partial charge in [-0.15, -0.1) is 0 Å². The first kappa shape index (κ1) is 16.6. The number of hydrogen-bond acceptors (Lipinski definition) is 5. The Labute approximate surface area is 144 Å². The second-order valence-corrected chi connectivity index (χ2v) is 7.38. The summed E-state index contributed by atoms with van der Waals surface area (Å²) in [5, 5.41) is 6.71. The van der Waals surface area contributed by atoms with Gasteiger partial charge in [-0.25, -0.2) is 9.97 Å². The van der Waals surface area contributed by atoms with Gasteiger partial charge in [0.25, 0.3) is 0 Å². The first-order valence-corrected chi connectivity index (χ1v) is 8.72. The second kappa shape index (κ2) is 7.07. The van der Waals surface area contributed by atoms with E-state index in [2.05, 4.69) is 70.5 Å². The predicted octanol–water partition coefficient (Wildman–Crippen LogP) is 4.42. The fourth-order valence-corrected chi connectivity index (χ4v) is 2.93. The lowest BCUT2D eigenvalue weighted by Crippen LogP contribution is -2.29. The van der Waals surface area contributed by atoms with Gasteiger partial charge in [-0.05, 0) is 64.3 Å². The maximum Gasteiger partial charge on any atom is 0.135 e. The summed E-state index contributed by atoms with van der Waals surface area (Å²) in [7, 11) is 0. The Morgan fingerprint density at radius 3 is 2.25 bits per heavy atom. The van der Waals surface area contributed by atoms with E-state index in [-0.39, 0.29) is 5.54 Å². The van der Waals surface area contributed by atoms with E-state index in [0.717, 1.165) is 17.3 Å². The highest BCUT2D eigenvalue weighted by molar-refractivity contribution is 5.62. The van der Waals surface area contributed by atoms with Crippen LogP contribution in [0.5, 0.6) is 0 Å². The average molecular weight is 325 g/mol. The Balaban J connectivity index is 1.66. The summed E-state index contributed by atoms with van der Waals surface area (Å²) in [6.07, 6.45) is 5.53. The van der Waals surface area contributed by atoms with Crippen molar-refractivity contribution in [2.75, 3.05) is 28.6 Å². The van der Waals surface area contributed by atoms with Gasteiger partial charge in [0.2, 0.25) is 0 Å². The number of aromatic nitrogens is 2. The molecule has 0 saturated carbocycles. The number of nitrogens with zero attached hydrogens (tertiary/aromatic N) is 3. The van der Waals surface area contributed by atoms with E-state index in [1.807, 2.05) is 6.07 Å². The van der Waals surface area contributed by atoms with Crippen LogP contribution in [0.4, 0.5) is 23.0 Å². The third kappa shape index (κ3) is 4.60. The van der Waals surface area contributed by atoms with Crippen LogP contribution in [0.1, 0.15) is 40.0 Å². The Morgan fingerprint density at radius 1 is 0.917 bits per heavy atom. The zero-order valence-corrected chi connectivity index (χ0v) is 14.8. The molecule has 2 N–H and O–H groups in total. The minimum atomic E-state index is -0.0261. The Bertz CT molecular complexity index is 654. The molecule has 5 heteroatoms. The van der Waals surface area contributed by atoms with Crippen molar-refractivity contribution in [2.24, 2.45) is 0 Å². The van der Waals surface area contributed by atoms with Crippen LogP contribution >= 0.6 is 0 Å². The van der Waals surface area contributed by atoms with E-state index in [1.54, 1.807) is 6.33 Å². The van der Waals surface area contributed by atoms with Gasteiger partial charge in [0.1, 0.15) is 18.0 Å². The molecule has 1 fully saturated rings. The zero-order valence-electron chi connectivity index (χ0n) is 14.8. The molecule has 1 aliphatic rings. The third-order valence-electron chi connectivity index (χ3n) is 4.03. The molecule has 0 radical (unpaired) electrons. The Morgan fingerprint density at radius 2 is 1.58 bits per heavy atom. The summed E-state index contributed by atoms with van der Waals surface area (Å²) in [5.74, 6) is 1.62. The molecule has 0 amide bonds. The van der Waals surface area contributed by atoms with Crippen LogP contribution in [0.2, 0.25) is 0 Å². The first-order chi connectivity index (χ1) is 11.5. The molecule has 1 aromatic heterocycles. The van der Waals surface area contributed by atoms with Crippen molar-refractivity contribution in [2.45, 2.75) is 45.6 Å². The molecule has 2 heterocycles. The van der Waals surface area contributed by atoms with Crippen molar-refractivity contribution < 1.29 is 0 Å². The molecular weight excluding hydrogens is 298 g/mol. The molecule has 5 nitrogen and oxygen atoms in total. The zero-order chi connectivity index (χ0) is 17.0. The van der Waals surface area contributed by atoms with E-state index >= 15 is 0 Å². The smallest absolute Gasteiger partial charge is 0.135 e. The van der Waals surface area contributed by atoms with E-state index in [1.165, 1.54) is 38.0 Å². The minimum Gasteiger partial charge on any atom is -0.372 e. The maximum absolute atomic E-state index is 4.30. The lowest BCUT2D eigenvalue weighted by molar-refractivity contribution is 0.578. The summed E-state index contributed by atoms with van der Waals surface area (Å²) < 4.78 is 0. The third-order valence-corrected chi connectivity index (χ3v) is 4.03. The van der Waals surface area contributed by atoms with Crippen LogP contribution in [0.25, 0.3) is 0 Å². The van der Waals surface area contributed by atoms with Crippen molar-refractivity contribution >= 4 is 23.0 Å². The number of piperidine rings is 1. The number of rotatable bonds is 4. The average Bonchev–Trinajstić information content (AvgIpc) is 2.55. The topological polar surface area (TPSA) is 53.1 Å². The van der Waals surface area contributed by atoms with Crippen molar-refractivity contribution in [3.63, 3.8) is 0 Å². The second-order valence-electron chi connectivity index (χ2n) is 7.38. The van der Waals surface area contributed by atoms with Crippen LogP contribution in [0, 0.1) is 0 Å². The Hall–Kier alpha value is -2.30. The Kier molecular flexibility index (Phi) is 4.88. The van der Waals surface area contributed by atoms with Crippen molar-refractivity contribution in [1.29, 1.82) is 0 Å². The van der Waals surface area contributed by atoms with Crippen LogP contribution < -0.4 is 15.5 Å². The lowest BCUT2D eigenvalue weighted by atomic mass is 10.1. The lowest BCUT2D eigenvalue weighted by Gasteiger charge is -2.28. The predicted molar refractivity (Wildman–Crippen MR) is 101 cm³/mol. The highest BCUT2D eigenvalue weighted by Crippen LogP contribution is 2.24. The van der Waals surface area contributed by atoms with Gasteiger partial charge in [0, 0.05) is 36.1 Å². The summed E-state index contributed by atoms with van der Waals surface area (Å²) in [6.45, 7) is 8.67. The quantitative estimate of drug-likeness (QED) is 0.871. The largest absolute Gasteiger partial charge is 0.372 e. The van der Waals surface area contributed by atoms with Crippen LogP contribution in [-0.2, 0) is 0 Å². The van der Waals surface area contributed by atoms with Gasteiger partial charge in [-0.3, -0.25) is 0 Å². The van der Waals surface area contributed by atoms with Crippen molar-refractivity contribution in [3.8, 4) is 0 Å². The molecular formula is C19H27N5. The molecule has 0 spiro atoms. The number of nitrogens with one attached hydrogen (secondary N) is 2. The van der Waals surface area contributed by atoms with E-state index in [0.29, 0.717) is 0 Å². The monoisotopic (exact) mass is 325 g/mol. The fourth-order valence-electron chi connectivity index (χ4n) is 2.93.